The quantitative estimate of drug-likeness (QED) is 0.706. The first kappa shape index (κ1) is 19.3. The Balaban J connectivity index is 3.03. The monoisotopic (exact) mass is 330 g/mol. The summed E-state index contributed by atoms with van der Waals surface area (Å²) < 4.78 is 43.4. The van der Waals surface area contributed by atoms with Crippen molar-refractivity contribution in [2.24, 2.45) is 10.8 Å². The average Bonchev–Trinajstić information content (AvgIpc) is 2.52. The molecule has 0 aromatic carbocycles. The summed E-state index contributed by atoms with van der Waals surface area (Å²) in [4.78, 5) is 12.5. The molecule has 0 N–H and O–H groups in total. The molecule has 0 radical (unpaired) electrons. The van der Waals surface area contributed by atoms with Crippen molar-refractivity contribution >= 4 is 5.97 Å². The van der Waals surface area contributed by atoms with Crippen LogP contribution >= 0.6 is 0 Å². The molecule has 0 spiro atoms. The summed E-state index contributed by atoms with van der Waals surface area (Å²) in [5, 5.41) is 18.1. The van der Waals surface area contributed by atoms with E-state index < -0.39 is 35.5 Å². The summed E-state index contributed by atoms with van der Waals surface area (Å²) >= 11 is 0. The third-order valence-electron chi connectivity index (χ3n) is 4.70. The van der Waals surface area contributed by atoms with Crippen LogP contribution in [0, 0.1) is 33.5 Å². The topological polar surface area (TPSA) is 73.9 Å². The van der Waals surface area contributed by atoms with Crippen LogP contribution in [-0.2, 0) is 9.53 Å². The maximum Gasteiger partial charge on any atom is 0.392 e. The third-order valence-corrected chi connectivity index (χ3v) is 4.70. The standard InChI is InChI=1S/C16H21F3N2O2/c1-3-15(7-5-4-6-8-15)13(22)23-12(9-16(17,18)19)14(2,10-20)11-21/h12H,3-9H2,1-2H3. The van der Waals surface area contributed by atoms with Crippen molar-refractivity contribution in [1.29, 1.82) is 10.5 Å². The molecule has 0 heterocycles. The number of nitriles is 2. The normalized spacial score (nSPS) is 19.3. The highest BCUT2D eigenvalue weighted by atomic mass is 19.4. The van der Waals surface area contributed by atoms with E-state index in [-0.39, 0.29) is 0 Å². The fourth-order valence-electron chi connectivity index (χ4n) is 2.93. The summed E-state index contributed by atoms with van der Waals surface area (Å²) in [6, 6.07) is 3.10. The molecular formula is C16H21F3N2O2. The van der Waals surface area contributed by atoms with Gasteiger partial charge in [0.25, 0.3) is 0 Å². The Kier molecular flexibility index (Phi) is 6.04. The minimum Gasteiger partial charge on any atom is -0.459 e. The maximum absolute atomic E-state index is 12.8. The van der Waals surface area contributed by atoms with Gasteiger partial charge in [0.15, 0.2) is 5.41 Å². The number of ether oxygens (including phenoxy) is 1. The molecule has 23 heavy (non-hydrogen) atoms. The van der Waals surface area contributed by atoms with E-state index in [4.69, 9.17) is 15.3 Å². The van der Waals surface area contributed by atoms with Crippen LogP contribution in [-0.4, -0.2) is 18.2 Å². The second-order valence-corrected chi connectivity index (χ2v) is 6.33. The molecule has 1 unspecified atom stereocenters. The fraction of sp³-hybridized carbons (Fsp3) is 0.812. The number of hydrogen-bond donors (Lipinski definition) is 0. The Morgan fingerprint density at radius 1 is 1.22 bits per heavy atom. The highest BCUT2D eigenvalue weighted by Gasteiger charge is 2.48. The molecule has 7 heteroatoms. The lowest BCUT2D eigenvalue weighted by molar-refractivity contribution is -0.188. The van der Waals surface area contributed by atoms with Crippen molar-refractivity contribution < 1.29 is 22.7 Å². The predicted molar refractivity (Wildman–Crippen MR) is 75.7 cm³/mol. The molecule has 0 saturated heterocycles. The summed E-state index contributed by atoms with van der Waals surface area (Å²) in [6.07, 6.45) is -3.73. The van der Waals surface area contributed by atoms with Crippen LogP contribution in [0.5, 0.6) is 0 Å². The number of rotatable bonds is 5. The fourth-order valence-corrected chi connectivity index (χ4v) is 2.93. The predicted octanol–water partition coefficient (Wildman–Crippen LogP) is 4.26. The third kappa shape index (κ3) is 4.60. The zero-order valence-corrected chi connectivity index (χ0v) is 13.4. The molecule has 1 aliphatic rings. The molecule has 128 valence electrons. The van der Waals surface area contributed by atoms with E-state index in [1.54, 1.807) is 19.1 Å². The Bertz CT molecular complexity index is 497. The van der Waals surface area contributed by atoms with Crippen LogP contribution in [0.2, 0.25) is 0 Å². The van der Waals surface area contributed by atoms with E-state index in [0.717, 1.165) is 26.2 Å². The number of nitrogens with zero attached hydrogens (tertiary/aromatic N) is 2. The maximum atomic E-state index is 12.8. The van der Waals surface area contributed by atoms with Crippen LogP contribution in [0.1, 0.15) is 58.8 Å². The van der Waals surface area contributed by atoms with Crippen LogP contribution in [0.4, 0.5) is 13.2 Å². The highest BCUT2D eigenvalue weighted by Crippen LogP contribution is 2.42. The van der Waals surface area contributed by atoms with E-state index in [1.807, 2.05) is 0 Å². The summed E-state index contributed by atoms with van der Waals surface area (Å²) in [5.74, 6) is -0.717. The molecular weight excluding hydrogens is 309 g/mol. The first-order chi connectivity index (χ1) is 10.6. The average molecular weight is 330 g/mol. The van der Waals surface area contributed by atoms with E-state index in [2.05, 4.69) is 0 Å². The van der Waals surface area contributed by atoms with E-state index in [1.165, 1.54) is 0 Å². The van der Waals surface area contributed by atoms with Gasteiger partial charge in [-0.15, -0.1) is 0 Å². The van der Waals surface area contributed by atoms with E-state index in [0.29, 0.717) is 19.3 Å². The molecule has 1 saturated carbocycles. The van der Waals surface area contributed by atoms with Crippen molar-refractivity contribution in [1.82, 2.24) is 0 Å². The lowest BCUT2D eigenvalue weighted by Crippen LogP contribution is -2.43. The van der Waals surface area contributed by atoms with Gasteiger partial charge in [0.05, 0.1) is 24.0 Å². The van der Waals surface area contributed by atoms with Gasteiger partial charge in [-0.3, -0.25) is 4.79 Å². The molecule has 4 nitrogen and oxygen atoms in total. The molecule has 1 fully saturated rings. The van der Waals surface area contributed by atoms with Gasteiger partial charge in [-0.25, -0.2) is 0 Å². The SMILES string of the molecule is CCC1(C(=O)OC(CC(F)(F)F)C(C)(C#N)C#N)CCCCC1. The van der Waals surface area contributed by atoms with Gasteiger partial charge in [-0.05, 0) is 26.2 Å². The number of hydrogen-bond acceptors (Lipinski definition) is 4. The van der Waals surface area contributed by atoms with Crippen molar-refractivity contribution in [2.75, 3.05) is 0 Å². The summed E-state index contributed by atoms with van der Waals surface area (Å²) in [6.45, 7) is 2.87. The van der Waals surface area contributed by atoms with Gasteiger partial charge in [-0.1, -0.05) is 26.2 Å². The highest BCUT2D eigenvalue weighted by molar-refractivity contribution is 5.77. The summed E-state index contributed by atoms with van der Waals surface area (Å²) in [5.41, 5.74) is -2.83. The molecule has 0 aromatic heterocycles. The van der Waals surface area contributed by atoms with Gasteiger partial charge in [0.2, 0.25) is 0 Å². The van der Waals surface area contributed by atoms with Crippen LogP contribution in [0.15, 0.2) is 0 Å². The Morgan fingerprint density at radius 2 is 1.74 bits per heavy atom. The minimum absolute atomic E-state index is 0.473. The molecule has 0 bridgehead atoms. The zero-order chi connectivity index (χ0) is 17.7. The van der Waals surface area contributed by atoms with Crippen LogP contribution in [0.25, 0.3) is 0 Å². The molecule has 1 atom stereocenters. The molecule has 0 amide bonds. The second kappa shape index (κ2) is 7.21. The van der Waals surface area contributed by atoms with Gasteiger partial charge in [0.1, 0.15) is 6.10 Å². The largest absolute Gasteiger partial charge is 0.459 e. The van der Waals surface area contributed by atoms with Gasteiger partial charge < -0.3 is 4.74 Å². The summed E-state index contributed by atoms with van der Waals surface area (Å²) in [7, 11) is 0. The van der Waals surface area contributed by atoms with Crippen molar-refractivity contribution in [3.63, 3.8) is 0 Å². The van der Waals surface area contributed by atoms with E-state index in [9.17, 15) is 18.0 Å². The van der Waals surface area contributed by atoms with E-state index >= 15 is 0 Å². The van der Waals surface area contributed by atoms with Crippen molar-refractivity contribution in [3.8, 4) is 12.1 Å². The number of halogens is 3. The first-order valence-electron chi connectivity index (χ1n) is 7.73. The van der Waals surface area contributed by atoms with Crippen molar-refractivity contribution in [2.45, 2.75) is 71.1 Å². The Labute approximate surface area is 134 Å². The lowest BCUT2D eigenvalue weighted by Gasteiger charge is -2.36. The first-order valence-corrected chi connectivity index (χ1v) is 7.73. The number of alkyl halides is 3. The van der Waals surface area contributed by atoms with Crippen molar-refractivity contribution in [3.05, 3.63) is 0 Å². The van der Waals surface area contributed by atoms with Gasteiger partial charge in [0, 0.05) is 0 Å². The van der Waals surface area contributed by atoms with Gasteiger partial charge >= 0.3 is 12.1 Å². The molecule has 1 rings (SSSR count). The second-order valence-electron chi connectivity index (χ2n) is 6.33. The van der Waals surface area contributed by atoms with Crippen LogP contribution in [0.3, 0.4) is 0 Å². The number of carbonyl (C=O) groups excluding carboxylic acids is 1. The zero-order valence-electron chi connectivity index (χ0n) is 13.4. The molecule has 0 aliphatic heterocycles. The Morgan fingerprint density at radius 3 is 2.13 bits per heavy atom. The molecule has 0 aromatic rings. The Hall–Kier alpha value is -1.76. The molecule has 1 aliphatic carbocycles. The van der Waals surface area contributed by atoms with Crippen LogP contribution < -0.4 is 0 Å². The number of carbonyl (C=O) groups is 1. The van der Waals surface area contributed by atoms with Gasteiger partial charge in [-0.2, -0.15) is 23.7 Å². The lowest BCUT2D eigenvalue weighted by atomic mass is 9.72. The minimum atomic E-state index is -4.63. The smallest absolute Gasteiger partial charge is 0.392 e. The number of esters is 1.